The molecule has 2 aromatic carbocycles. The quantitative estimate of drug-likeness (QED) is 0.549. The van der Waals surface area contributed by atoms with Gasteiger partial charge in [-0.3, -0.25) is 4.79 Å². The first-order valence-electron chi connectivity index (χ1n) is 10.2. The van der Waals surface area contributed by atoms with Crippen LogP contribution in [0.15, 0.2) is 59.1 Å². The van der Waals surface area contributed by atoms with Gasteiger partial charge in [0.05, 0.1) is 6.04 Å². The van der Waals surface area contributed by atoms with E-state index in [0.29, 0.717) is 30.4 Å². The van der Waals surface area contributed by atoms with E-state index in [-0.39, 0.29) is 24.4 Å². The van der Waals surface area contributed by atoms with Gasteiger partial charge in [-0.05, 0) is 55.5 Å². The monoisotopic (exact) mass is 409 g/mol. The van der Waals surface area contributed by atoms with Crippen LogP contribution < -0.4 is 4.74 Å². The van der Waals surface area contributed by atoms with Gasteiger partial charge in [-0.1, -0.05) is 35.5 Å². The Morgan fingerprint density at radius 2 is 1.97 bits per heavy atom. The van der Waals surface area contributed by atoms with Crippen molar-refractivity contribution >= 4 is 5.91 Å². The van der Waals surface area contributed by atoms with Crippen LogP contribution >= 0.6 is 0 Å². The molecule has 2 heterocycles. The Bertz CT molecular complexity index is 959. The molecule has 1 amide bonds. The molecule has 1 saturated heterocycles. The third-order valence-electron chi connectivity index (χ3n) is 5.23. The molecule has 0 saturated carbocycles. The first-order chi connectivity index (χ1) is 14.7. The number of carbonyl (C=O) groups is 1. The Hall–Kier alpha value is -3.22. The highest BCUT2D eigenvalue weighted by atomic mass is 19.1. The molecule has 1 atom stereocenters. The highest BCUT2D eigenvalue weighted by Gasteiger charge is 2.33. The number of carbonyl (C=O) groups excluding carboxylic acids is 1. The number of likely N-dealkylation sites (tertiary alicyclic amines) is 1. The van der Waals surface area contributed by atoms with Gasteiger partial charge in [-0.25, -0.2) is 4.39 Å². The average molecular weight is 409 g/mol. The molecule has 30 heavy (non-hydrogen) atoms. The molecule has 0 spiro atoms. The van der Waals surface area contributed by atoms with Gasteiger partial charge in [0, 0.05) is 13.0 Å². The van der Waals surface area contributed by atoms with Crippen molar-refractivity contribution in [2.75, 3.05) is 6.54 Å². The van der Waals surface area contributed by atoms with E-state index in [1.54, 1.807) is 12.1 Å². The lowest BCUT2D eigenvalue weighted by Crippen LogP contribution is -2.31. The number of aryl methyl sites for hydroxylation is 1. The molecule has 7 heteroatoms. The predicted octanol–water partition coefficient (Wildman–Crippen LogP) is 4.47. The number of halogens is 1. The fourth-order valence-corrected chi connectivity index (χ4v) is 3.70. The minimum Gasteiger partial charge on any atom is -0.484 e. The Kier molecular flexibility index (Phi) is 6.37. The van der Waals surface area contributed by atoms with Crippen molar-refractivity contribution in [3.63, 3.8) is 0 Å². The second-order valence-corrected chi connectivity index (χ2v) is 7.37. The largest absolute Gasteiger partial charge is 0.484 e. The summed E-state index contributed by atoms with van der Waals surface area (Å²) in [4.78, 5) is 19.0. The third-order valence-corrected chi connectivity index (χ3v) is 5.23. The van der Waals surface area contributed by atoms with Crippen molar-refractivity contribution < 1.29 is 18.4 Å². The normalized spacial score (nSPS) is 16.0. The molecule has 156 valence electrons. The number of nitrogens with zero attached hydrogens (tertiary/aromatic N) is 3. The number of benzene rings is 2. The summed E-state index contributed by atoms with van der Waals surface area (Å²) in [5.74, 6) is 1.17. The number of amides is 1. The van der Waals surface area contributed by atoms with Crippen LogP contribution in [0.25, 0.3) is 0 Å². The molecule has 0 N–H and O–H groups in total. The standard InChI is InChI=1S/C23H24FN3O3/c24-18-11-13-19(14-12-18)29-16-21-25-23(26-30-21)20-9-5-15-27(20)22(28)10-4-8-17-6-2-1-3-7-17/h1-3,6-7,11-14,20H,4-5,8-10,15-16H2. The lowest BCUT2D eigenvalue weighted by molar-refractivity contribution is -0.132. The fourth-order valence-electron chi connectivity index (χ4n) is 3.70. The number of aromatic nitrogens is 2. The van der Waals surface area contributed by atoms with Crippen LogP contribution in [0.3, 0.4) is 0 Å². The van der Waals surface area contributed by atoms with Crippen molar-refractivity contribution in [3.05, 3.63) is 77.7 Å². The van der Waals surface area contributed by atoms with Crippen molar-refractivity contribution in [3.8, 4) is 5.75 Å². The zero-order chi connectivity index (χ0) is 20.8. The van der Waals surface area contributed by atoms with Crippen molar-refractivity contribution in [1.82, 2.24) is 15.0 Å². The second kappa shape index (κ2) is 9.52. The molecule has 0 radical (unpaired) electrons. The minimum atomic E-state index is -0.322. The summed E-state index contributed by atoms with van der Waals surface area (Å²) in [7, 11) is 0. The number of ether oxygens (including phenoxy) is 1. The van der Waals surface area contributed by atoms with Crippen LogP contribution in [0.5, 0.6) is 5.75 Å². The predicted molar refractivity (Wildman–Crippen MR) is 108 cm³/mol. The molecule has 3 aromatic rings. The van der Waals surface area contributed by atoms with Gasteiger partial charge in [0.1, 0.15) is 11.6 Å². The van der Waals surface area contributed by atoms with Crippen LogP contribution in [0.2, 0.25) is 0 Å². The summed E-state index contributed by atoms with van der Waals surface area (Å²) in [5, 5.41) is 4.07. The lowest BCUT2D eigenvalue weighted by Gasteiger charge is -2.22. The van der Waals surface area contributed by atoms with E-state index in [1.165, 1.54) is 17.7 Å². The van der Waals surface area contributed by atoms with Gasteiger partial charge >= 0.3 is 0 Å². The molecule has 1 fully saturated rings. The molecule has 1 unspecified atom stereocenters. The zero-order valence-corrected chi connectivity index (χ0v) is 16.7. The fraction of sp³-hybridized carbons (Fsp3) is 0.348. The van der Waals surface area contributed by atoms with E-state index in [1.807, 2.05) is 23.1 Å². The molecule has 1 aliphatic heterocycles. The zero-order valence-electron chi connectivity index (χ0n) is 16.7. The van der Waals surface area contributed by atoms with Crippen LogP contribution in [-0.2, 0) is 17.8 Å². The van der Waals surface area contributed by atoms with Crippen LogP contribution in [0, 0.1) is 5.82 Å². The van der Waals surface area contributed by atoms with Crippen LogP contribution in [0.1, 0.15) is 49.0 Å². The van der Waals surface area contributed by atoms with E-state index in [0.717, 1.165) is 25.7 Å². The summed E-state index contributed by atoms with van der Waals surface area (Å²) >= 11 is 0. The first kappa shape index (κ1) is 20.1. The molecule has 0 aliphatic carbocycles. The highest BCUT2D eigenvalue weighted by Crippen LogP contribution is 2.31. The van der Waals surface area contributed by atoms with Gasteiger partial charge < -0.3 is 14.2 Å². The SMILES string of the molecule is O=C(CCCc1ccccc1)N1CCCC1c1noc(COc2ccc(F)cc2)n1. The molecule has 1 aliphatic rings. The summed E-state index contributed by atoms with van der Waals surface area (Å²) < 4.78 is 23.8. The van der Waals surface area contributed by atoms with Crippen molar-refractivity contribution in [2.24, 2.45) is 0 Å². The highest BCUT2D eigenvalue weighted by molar-refractivity contribution is 5.76. The maximum absolute atomic E-state index is 13.0. The number of hydrogen-bond donors (Lipinski definition) is 0. The van der Waals surface area contributed by atoms with Crippen LogP contribution in [0.4, 0.5) is 4.39 Å². The molecular formula is C23H24FN3O3. The van der Waals surface area contributed by atoms with Gasteiger partial charge in [-0.2, -0.15) is 4.98 Å². The first-order valence-corrected chi connectivity index (χ1v) is 10.2. The molecule has 4 rings (SSSR count). The Morgan fingerprint density at radius 1 is 1.17 bits per heavy atom. The maximum Gasteiger partial charge on any atom is 0.264 e. The van der Waals surface area contributed by atoms with E-state index in [2.05, 4.69) is 22.3 Å². The van der Waals surface area contributed by atoms with Gasteiger partial charge in [0.15, 0.2) is 12.4 Å². The lowest BCUT2D eigenvalue weighted by atomic mass is 10.1. The minimum absolute atomic E-state index is 0.0936. The van der Waals surface area contributed by atoms with Crippen molar-refractivity contribution in [2.45, 2.75) is 44.8 Å². The molecular weight excluding hydrogens is 385 g/mol. The average Bonchev–Trinajstić information content (AvgIpc) is 3.43. The Balaban J connectivity index is 1.30. The van der Waals surface area contributed by atoms with Gasteiger partial charge in [0.2, 0.25) is 5.91 Å². The summed E-state index contributed by atoms with van der Waals surface area (Å²) in [6.45, 7) is 0.807. The maximum atomic E-state index is 13.0. The van der Waals surface area contributed by atoms with Crippen molar-refractivity contribution in [1.29, 1.82) is 0 Å². The smallest absolute Gasteiger partial charge is 0.264 e. The Morgan fingerprint density at radius 3 is 2.77 bits per heavy atom. The van der Waals surface area contributed by atoms with E-state index in [4.69, 9.17) is 9.26 Å². The van der Waals surface area contributed by atoms with E-state index in [9.17, 15) is 9.18 Å². The molecule has 6 nitrogen and oxygen atoms in total. The summed E-state index contributed by atoms with van der Waals surface area (Å²) in [6, 6.07) is 15.8. The summed E-state index contributed by atoms with van der Waals surface area (Å²) in [5.41, 5.74) is 1.24. The molecule has 1 aromatic heterocycles. The van der Waals surface area contributed by atoms with Gasteiger partial charge in [-0.15, -0.1) is 0 Å². The Labute approximate surface area is 174 Å². The number of rotatable bonds is 8. The molecule has 0 bridgehead atoms. The second-order valence-electron chi connectivity index (χ2n) is 7.37. The summed E-state index contributed by atoms with van der Waals surface area (Å²) in [6.07, 6.45) is 3.95. The van der Waals surface area contributed by atoms with Gasteiger partial charge in [0.25, 0.3) is 5.89 Å². The third kappa shape index (κ3) is 5.03. The van der Waals surface area contributed by atoms with E-state index >= 15 is 0 Å². The topological polar surface area (TPSA) is 68.5 Å². The number of hydrogen-bond acceptors (Lipinski definition) is 5. The van der Waals surface area contributed by atoms with Crippen LogP contribution in [-0.4, -0.2) is 27.5 Å². The van der Waals surface area contributed by atoms with E-state index < -0.39 is 0 Å².